The molecule has 0 radical (unpaired) electrons. The van der Waals surface area contributed by atoms with E-state index < -0.39 is 0 Å². The number of hydrogen-bond acceptors (Lipinski definition) is 4. The highest BCUT2D eigenvalue weighted by Gasteiger charge is 2.21. The Labute approximate surface area is 102 Å². The van der Waals surface area contributed by atoms with Crippen molar-refractivity contribution in [3.05, 3.63) is 18.2 Å². The first-order valence-corrected chi connectivity index (χ1v) is 5.97. The van der Waals surface area contributed by atoms with Crippen LogP contribution in [0.5, 0.6) is 11.5 Å². The monoisotopic (exact) mass is 236 g/mol. The van der Waals surface area contributed by atoms with Crippen LogP contribution in [0.1, 0.15) is 19.3 Å². The number of ether oxygens (including phenoxy) is 2. The molecule has 1 aromatic rings. The van der Waals surface area contributed by atoms with Crippen molar-refractivity contribution in [2.45, 2.75) is 31.3 Å². The first kappa shape index (κ1) is 12.0. The molecule has 2 unspecified atom stereocenters. The topological polar surface area (TPSA) is 56.5 Å². The quantitative estimate of drug-likeness (QED) is 0.839. The van der Waals surface area contributed by atoms with E-state index in [0.717, 1.165) is 36.4 Å². The second-order valence-corrected chi connectivity index (χ2v) is 4.48. The number of hydrogen-bond donors (Lipinski definition) is 2. The number of methoxy groups -OCH3 is 2. The van der Waals surface area contributed by atoms with E-state index in [2.05, 4.69) is 5.32 Å². The molecule has 2 atom stereocenters. The molecule has 0 bridgehead atoms. The number of nitrogens with one attached hydrogen (secondary N) is 1. The van der Waals surface area contributed by atoms with Gasteiger partial charge in [-0.1, -0.05) is 0 Å². The Bertz CT molecular complexity index is 382. The Morgan fingerprint density at radius 3 is 2.53 bits per heavy atom. The summed E-state index contributed by atoms with van der Waals surface area (Å²) in [4.78, 5) is 0. The van der Waals surface area contributed by atoms with Crippen molar-refractivity contribution in [1.29, 1.82) is 0 Å². The lowest BCUT2D eigenvalue weighted by atomic mass is 10.2. The van der Waals surface area contributed by atoms with Gasteiger partial charge in [0.05, 0.1) is 14.2 Å². The molecule has 0 saturated heterocycles. The maximum absolute atomic E-state index is 5.90. The Kier molecular flexibility index (Phi) is 3.74. The van der Waals surface area contributed by atoms with Crippen molar-refractivity contribution >= 4 is 5.69 Å². The van der Waals surface area contributed by atoms with Crippen LogP contribution in [0, 0.1) is 0 Å². The predicted octanol–water partition coefficient (Wildman–Crippen LogP) is 2.00. The van der Waals surface area contributed by atoms with Gasteiger partial charge in [0, 0.05) is 23.8 Å². The summed E-state index contributed by atoms with van der Waals surface area (Å²) < 4.78 is 10.5. The van der Waals surface area contributed by atoms with Crippen LogP contribution in [0.2, 0.25) is 0 Å². The van der Waals surface area contributed by atoms with Crippen molar-refractivity contribution in [3.63, 3.8) is 0 Å². The summed E-state index contributed by atoms with van der Waals surface area (Å²) in [6, 6.07) is 6.69. The highest BCUT2D eigenvalue weighted by molar-refractivity contribution is 5.55. The SMILES string of the molecule is COc1ccc(NC2CCC(N)C2)cc1OC. The minimum absolute atomic E-state index is 0.340. The summed E-state index contributed by atoms with van der Waals surface area (Å²) in [6.45, 7) is 0. The number of benzene rings is 1. The van der Waals surface area contributed by atoms with E-state index in [1.807, 2.05) is 18.2 Å². The van der Waals surface area contributed by atoms with Crippen molar-refractivity contribution < 1.29 is 9.47 Å². The second kappa shape index (κ2) is 5.27. The first-order chi connectivity index (χ1) is 8.22. The highest BCUT2D eigenvalue weighted by Crippen LogP contribution is 2.31. The molecule has 3 N–H and O–H groups in total. The molecular formula is C13H20N2O2. The van der Waals surface area contributed by atoms with Crippen molar-refractivity contribution in [2.24, 2.45) is 5.73 Å². The van der Waals surface area contributed by atoms with E-state index in [4.69, 9.17) is 15.2 Å². The molecule has 1 fully saturated rings. The fourth-order valence-corrected chi connectivity index (χ4v) is 2.31. The van der Waals surface area contributed by atoms with Gasteiger partial charge in [-0.2, -0.15) is 0 Å². The van der Waals surface area contributed by atoms with Gasteiger partial charge in [-0.05, 0) is 31.4 Å². The molecule has 1 saturated carbocycles. The van der Waals surface area contributed by atoms with Crippen LogP contribution in [-0.4, -0.2) is 26.3 Å². The first-order valence-electron chi connectivity index (χ1n) is 5.97. The van der Waals surface area contributed by atoms with Crippen molar-refractivity contribution in [3.8, 4) is 11.5 Å². The lowest BCUT2D eigenvalue weighted by Gasteiger charge is -2.15. The van der Waals surface area contributed by atoms with Gasteiger partial charge < -0.3 is 20.5 Å². The molecule has 0 heterocycles. The minimum atomic E-state index is 0.340. The van der Waals surface area contributed by atoms with Gasteiger partial charge >= 0.3 is 0 Å². The summed E-state index contributed by atoms with van der Waals surface area (Å²) in [7, 11) is 3.29. The third kappa shape index (κ3) is 2.82. The standard InChI is InChI=1S/C13H20N2O2/c1-16-12-6-5-11(8-13(12)17-2)15-10-4-3-9(14)7-10/h5-6,8-10,15H,3-4,7,14H2,1-2H3. The molecule has 0 aliphatic heterocycles. The lowest BCUT2D eigenvalue weighted by Crippen LogP contribution is -2.20. The summed E-state index contributed by atoms with van der Waals surface area (Å²) in [5, 5.41) is 3.48. The Morgan fingerprint density at radius 2 is 1.94 bits per heavy atom. The van der Waals surface area contributed by atoms with E-state index in [0.29, 0.717) is 12.1 Å². The Hall–Kier alpha value is -1.42. The van der Waals surface area contributed by atoms with Crippen LogP contribution in [0.3, 0.4) is 0 Å². The summed E-state index contributed by atoms with van der Waals surface area (Å²) in [5.74, 6) is 1.50. The molecule has 0 spiro atoms. The molecule has 4 heteroatoms. The van der Waals surface area contributed by atoms with E-state index in [1.54, 1.807) is 14.2 Å². The molecule has 1 aliphatic rings. The molecule has 1 aliphatic carbocycles. The molecule has 2 rings (SSSR count). The zero-order valence-electron chi connectivity index (χ0n) is 10.4. The van der Waals surface area contributed by atoms with Crippen LogP contribution in [0.25, 0.3) is 0 Å². The minimum Gasteiger partial charge on any atom is -0.493 e. The van der Waals surface area contributed by atoms with Crippen LogP contribution >= 0.6 is 0 Å². The fraction of sp³-hybridized carbons (Fsp3) is 0.538. The van der Waals surface area contributed by atoms with E-state index in [1.165, 1.54) is 0 Å². The molecular weight excluding hydrogens is 216 g/mol. The maximum Gasteiger partial charge on any atom is 0.162 e. The van der Waals surface area contributed by atoms with E-state index in [-0.39, 0.29) is 0 Å². The average Bonchev–Trinajstić information content (AvgIpc) is 2.74. The lowest BCUT2D eigenvalue weighted by molar-refractivity contribution is 0.355. The smallest absolute Gasteiger partial charge is 0.162 e. The van der Waals surface area contributed by atoms with Gasteiger partial charge in [-0.3, -0.25) is 0 Å². The summed E-state index contributed by atoms with van der Waals surface area (Å²) in [6.07, 6.45) is 3.27. The second-order valence-electron chi connectivity index (χ2n) is 4.48. The number of rotatable bonds is 4. The maximum atomic E-state index is 5.90. The van der Waals surface area contributed by atoms with Crippen molar-refractivity contribution in [2.75, 3.05) is 19.5 Å². The number of nitrogens with two attached hydrogens (primary N) is 1. The summed E-state index contributed by atoms with van der Waals surface area (Å²) in [5.41, 5.74) is 6.95. The average molecular weight is 236 g/mol. The van der Waals surface area contributed by atoms with Gasteiger partial charge in [-0.15, -0.1) is 0 Å². The zero-order chi connectivity index (χ0) is 12.3. The van der Waals surface area contributed by atoms with Gasteiger partial charge in [0.1, 0.15) is 0 Å². The van der Waals surface area contributed by atoms with Gasteiger partial charge in [0.2, 0.25) is 0 Å². The molecule has 4 nitrogen and oxygen atoms in total. The molecule has 1 aromatic carbocycles. The highest BCUT2D eigenvalue weighted by atomic mass is 16.5. The third-order valence-electron chi connectivity index (χ3n) is 3.23. The van der Waals surface area contributed by atoms with Crippen molar-refractivity contribution in [1.82, 2.24) is 0 Å². The predicted molar refractivity (Wildman–Crippen MR) is 68.8 cm³/mol. The Balaban J connectivity index is 2.06. The number of anilines is 1. The normalized spacial score (nSPS) is 23.5. The van der Waals surface area contributed by atoms with Gasteiger partial charge in [-0.25, -0.2) is 0 Å². The molecule has 0 aromatic heterocycles. The van der Waals surface area contributed by atoms with Crippen LogP contribution in [0.4, 0.5) is 5.69 Å². The molecule has 94 valence electrons. The fourth-order valence-electron chi connectivity index (χ4n) is 2.31. The summed E-state index contributed by atoms with van der Waals surface area (Å²) >= 11 is 0. The third-order valence-corrected chi connectivity index (χ3v) is 3.23. The van der Waals surface area contributed by atoms with Gasteiger partial charge in [0.25, 0.3) is 0 Å². The van der Waals surface area contributed by atoms with E-state index in [9.17, 15) is 0 Å². The van der Waals surface area contributed by atoms with Crippen LogP contribution in [-0.2, 0) is 0 Å². The Morgan fingerprint density at radius 1 is 1.18 bits per heavy atom. The van der Waals surface area contributed by atoms with Crippen LogP contribution < -0.4 is 20.5 Å². The van der Waals surface area contributed by atoms with Gasteiger partial charge in [0.15, 0.2) is 11.5 Å². The largest absolute Gasteiger partial charge is 0.493 e. The zero-order valence-corrected chi connectivity index (χ0v) is 10.4. The molecule has 0 amide bonds. The van der Waals surface area contributed by atoms with E-state index >= 15 is 0 Å². The molecule has 17 heavy (non-hydrogen) atoms. The van der Waals surface area contributed by atoms with Crippen LogP contribution in [0.15, 0.2) is 18.2 Å².